The van der Waals surface area contributed by atoms with Gasteiger partial charge < -0.3 is 15.0 Å². The van der Waals surface area contributed by atoms with Crippen molar-refractivity contribution in [1.29, 1.82) is 0 Å². The SMILES string of the molecule is CCc1ccc(-c2nc(C)c(C(=O)OCC(=O)N(C)CC(=O)NC3CC3)s2)cc1. The highest BCUT2D eigenvalue weighted by atomic mass is 32.1. The molecular formula is C21H25N3O4S. The maximum Gasteiger partial charge on any atom is 0.350 e. The molecule has 29 heavy (non-hydrogen) atoms. The standard InChI is InChI=1S/C21H25N3O4S/c1-4-14-5-7-15(8-6-14)20-22-13(2)19(29-20)21(27)28-12-18(26)24(3)11-17(25)23-16-9-10-16/h5-8,16H,4,9-12H2,1-3H3,(H,23,25). The van der Waals surface area contributed by atoms with E-state index in [-0.39, 0.29) is 18.5 Å². The Kier molecular flexibility index (Phi) is 6.64. The molecule has 0 saturated heterocycles. The number of amides is 2. The molecule has 0 bridgehead atoms. The molecular weight excluding hydrogens is 390 g/mol. The summed E-state index contributed by atoms with van der Waals surface area (Å²) in [5.74, 6) is -1.21. The van der Waals surface area contributed by atoms with Gasteiger partial charge in [-0.15, -0.1) is 11.3 Å². The van der Waals surface area contributed by atoms with Gasteiger partial charge in [0.05, 0.1) is 12.2 Å². The van der Waals surface area contributed by atoms with E-state index in [0.717, 1.165) is 29.8 Å². The third kappa shape index (κ3) is 5.63. The van der Waals surface area contributed by atoms with Crippen LogP contribution < -0.4 is 5.32 Å². The number of nitrogens with one attached hydrogen (secondary N) is 1. The van der Waals surface area contributed by atoms with Crippen LogP contribution >= 0.6 is 11.3 Å². The number of ether oxygens (including phenoxy) is 1. The normalized spacial score (nSPS) is 13.1. The summed E-state index contributed by atoms with van der Waals surface area (Å²) >= 11 is 1.24. The first-order valence-electron chi connectivity index (χ1n) is 9.64. The van der Waals surface area contributed by atoms with Crippen LogP contribution in [0.5, 0.6) is 0 Å². The number of carbonyl (C=O) groups excluding carboxylic acids is 3. The number of hydrogen-bond acceptors (Lipinski definition) is 6. The van der Waals surface area contributed by atoms with Crippen molar-refractivity contribution in [2.24, 2.45) is 0 Å². The molecule has 1 aliphatic carbocycles. The Bertz CT molecular complexity index is 903. The highest BCUT2D eigenvalue weighted by Gasteiger charge is 2.25. The quantitative estimate of drug-likeness (QED) is 0.670. The summed E-state index contributed by atoms with van der Waals surface area (Å²) in [5, 5.41) is 3.55. The van der Waals surface area contributed by atoms with Crippen LogP contribution in [-0.2, 0) is 20.7 Å². The summed E-state index contributed by atoms with van der Waals surface area (Å²) in [5.41, 5.74) is 2.74. The lowest BCUT2D eigenvalue weighted by Crippen LogP contribution is -2.40. The van der Waals surface area contributed by atoms with Gasteiger partial charge in [0.2, 0.25) is 5.91 Å². The number of likely N-dealkylation sites (N-methyl/N-ethyl adjacent to an activating group) is 1. The summed E-state index contributed by atoms with van der Waals surface area (Å²) in [7, 11) is 1.51. The van der Waals surface area contributed by atoms with Gasteiger partial charge in [-0.3, -0.25) is 9.59 Å². The molecule has 8 heteroatoms. The molecule has 1 aliphatic rings. The van der Waals surface area contributed by atoms with Crippen LogP contribution in [0.15, 0.2) is 24.3 Å². The number of hydrogen-bond donors (Lipinski definition) is 1. The maximum absolute atomic E-state index is 12.4. The molecule has 1 aromatic heterocycles. The molecule has 0 radical (unpaired) electrons. The largest absolute Gasteiger partial charge is 0.451 e. The molecule has 1 heterocycles. The fourth-order valence-electron chi connectivity index (χ4n) is 2.70. The van der Waals surface area contributed by atoms with E-state index >= 15 is 0 Å². The molecule has 1 N–H and O–H groups in total. The number of rotatable bonds is 8. The van der Waals surface area contributed by atoms with Crippen LogP contribution in [-0.4, -0.2) is 53.9 Å². The van der Waals surface area contributed by atoms with Crippen LogP contribution in [0.2, 0.25) is 0 Å². The first-order valence-corrected chi connectivity index (χ1v) is 10.5. The predicted octanol–water partition coefficient (Wildman–Crippen LogP) is 2.57. The van der Waals surface area contributed by atoms with E-state index in [9.17, 15) is 14.4 Å². The summed E-state index contributed by atoms with van der Waals surface area (Å²) < 4.78 is 5.16. The Morgan fingerprint density at radius 2 is 1.93 bits per heavy atom. The van der Waals surface area contributed by atoms with Crippen LogP contribution in [0.25, 0.3) is 10.6 Å². The number of benzene rings is 1. The smallest absolute Gasteiger partial charge is 0.350 e. The zero-order chi connectivity index (χ0) is 21.0. The molecule has 0 atom stereocenters. The molecule has 7 nitrogen and oxygen atoms in total. The Morgan fingerprint density at radius 1 is 1.24 bits per heavy atom. The van der Waals surface area contributed by atoms with Gasteiger partial charge in [-0.05, 0) is 31.7 Å². The van der Waals surface area contributed by atoms with Crippen molar-refractivity contribution in [1.82, 2.24) is 15.2 Å². The molecule has 0 aliphatic heterocycles. The summed E-state index contributed by atoms with van der Waals surface area (Å²) in [6, 6.07) is 8.29. The number of thiazole rings is 1. The Morgan fingerprint density at radius 3 is 2.55 bits per heavy atom. The first-order chi connectivity index (χ1) is 13.9. The van der Waals surface area contributed by atoms with E-state index in [2.05, 4.69) is 17.2 Å². The average Bonchev–Trinajstić information content (AvgIpc) is 3.43. The average molecular weight is 416 g/mol. The lowest BCUT2D eigenvalue weighted by atomic mass is 10.1. The number of aromatic nitrogens is 1. The van der Waals surface area contributed by atoms with Gasteiger partial charge in [0.1, 0.15) is 9.88 Å². The molecule has 1 saturated carbocycles. The van der Waals surface area contributed by atoms with Crippen LogP contribution in [0, 0.1) is 6.92 Å². The molecule has 1 fully saturated rings. The van der Waals surface area contributed by atoms with Gasteiger partial charge in [-0.1, -0.05) is 31.2 Å². The first kappa shape index (κ1) is 21.0. The van der Waals surface area contributed by atoms with E-state index in [1.165, 1.54) is 28.8 Å². The molecule has 1 aromatic carbocycles. The number of nitrogens with zero attached hydrogens (tertiary/aromatic N) is 2. The zero-order valence-corrected chi connectivity index (χ0v) is 17.7. The summed E-state index contributed by atoms with van der Waals surface area (Å²) in [6.07, 6.45) is 2.93. The van der Waals surface area contributed by atoms with Gasteiger partial charge in [0.15, 0.2) is 6.61 Å². The van der Waals surface area contributed by atoms with Crippen molar-refractivity contribution in [2.75, 3.05) is 20.2 Å². The topological polar surface area (TPSA) is 88.6 Å². The number of esters is 1. The van der Waals surface area contributed by atoms with E-state index in [1.54, 1.807) is 6.92 Å². The van der Waals surface area contributed by atoms with Crippen LogP contribution in [0.1, 0.15) is 40.7 Å². The lowest BCUT2D eigenvalue weighted by molar-refractivity contribution is -0.137. The van der Waals surface area contributed by atoms with Crippen molar-refractivity contribution < 1.29 is 19.1 Å². The fraction of sp³-hybridized carbons (Fsp3) is 0.429. The van der Waals surface area contributed by atoms with E-state index < -0.39 is 18.5 Å². The Labute approximate surface area is 174 Å². The lowest BCUT2D eigenvalue weighted by Gasteiger charge is -2.16. The van der Waals surface area contributed by atoms with Crippen molar-refractivity contribution >= 4 is 29.1 Å². The van der Waals surface area contributed by atoms with Gasteiger partial charge in [0.25, 0.3) is 5.91 Å². The number of aryl methyl sites for hydroxylation is 2. The zero-order valence-electron chi connectivity index (χ0n) is 16.9. The third-order valence-corrected chi connectivity index (χ3v) is 5.85. The second-order valence-corrected chi connectivity index (χ2v) is 8.15. The number of carbonyl (C=O) groups is 3. The molecule has 0 unspecified atom stereocenters. The van der Waals surface area contributed by atoms with Crippen molar-refractivity contribution in [3.05, 3.63) is 40.4 Å². The Hall–Kier alpha value is -2.74. The Balaban J connectivity index is 1.55. The summed E-state index contributed by atoms with van der Waals surface area (Å²) in [6.45, 7) is 3.37. The van der Waals surface area contributed by atoms with Crippen molar-refractivity contribution in [3.8, 4) is 10.6 Å². The minimum absolute atomic E-state index is 0.0512. The highest BCUT2D eigenvalue weighted by molar-refractivity contribution is 7.17. The minimum atomic E-state index is -0.583. The van der Waals surface area contributed by atoms with E-state index in [0.29, 0.717) is 10.6 Å². The molecule has 154 valence electrons. The molecule has 2 aromatic rings. The van der Waals surface area contributed by atoms with Gasteiger partial charge in [-0.2, -0.15) is 0 Å². The van der Waals surface area contributed by atoms with Gasteiger partial charge in [0, 0.05) is 18.7 Å². The van der Waals surface area contributed by atoms with Gasteiger partial charge >= 0.3 is 5.97 Å². The molecule has 0 spiro atoms. The monoisotopic (exact) mass is 415 g/mol. The predicted molar refractivity (Wildman–Crippen MR) is 111 cm³/mol. The molecule has 3 rings (SSSR count). The van der Waals surface area contributed by atoms with Crippen LogP contribution in [0.4, 0.5) is 0 Å². The summed E-state index contributed by atoms with van der Waals surface area (Å²) in [4.78, 5) is 42.4. The maximum atomic E-state index is 12.4. The van der Waals surface area contributed by atoms with E-state index in [4.69, 9.17) is 4.74 Å². The second kappa shape index (κ2) is 9.17. The third-order valence-electron chi connectivity index (χ3n) is 4.67. The fourth-order valence-corrected chi connectivity index (χ4v) is 3.67. The molecule has 2 amide bonds. The van der Waals surface area contributed by atoms with Crippen molar-refractivity contribution in [3.63, 3.8) is 0 Å². The second-order valence-electron chi connectivity index (χ2n) is 7.15. The minimum Gasteiger partial charge on any atom is -0.451 e. The van der Waals surface area contributed by atoms with E-state index in [1.807, 2.05) is 24.3 Å². The van der Waals surface area contributed by atoms with Crippen LogP contribution in [0.3, 0.4) is 0 Å². The van der Waals surface area contributed by atoms with Crippen molar-refractivity contribution in [2.45, 2.75) is 39.2 Å². The van der Waals surface area contributed by atoms with Gasteiger partial charge in [-0.25, -0.2) is 9.78 Å². The highest BCUT2D eigenvalue weighted by Crippen LogP contribution is 2.28.